The van der Waals surface area contributed by atoms with Crippen LogP contribution in [0.25, 0.3) is 0 Å². The zero-order chi connectivity index (χ0) is 19.2. The minimum Gasteiger partial charge on any atom is -0.391 e. The molecule has 4 rings (SSSR count). The molecule has 0 spiro atoms. The van der Waals surface area contributed by atoms with Crippen LogP contribution in [0.4, 0.5) is 17.5 Å². The van der Waals surface area contributed by atoms with Crippen LogP contribution in [-0.2, 0) is 6.54 Å². The molecule has 3 atom stereocenters. The first-order valence-corrected chi connectivity index (χ1v) is 9.62. The van der Waals surface area contributed by atoms with Gasteiger partial charge in [-0.3, -0.25) is 4.68 Å². The lowest BCUT2D eigenvalue weighted by Crippen LogP contribution is -2.34. The van der Waals surface area contributed by atoms with Crippen LogP contribution in [-0.4, -0.2) is 57.1 Å². The van der Waals surface area contributed by atoms with Crippen molar-refractivity contribution in [1.82, 2.24) is 25.1 Å². The highest BCUT2D eigenvalue weighted by molar-refractivity contribution is 6.32. The summed E-state index contributed by atoms with van der Waals surface area (Å²) in [6, 6.07) is 0. The Labute approximate surface area is 163 Å². The van der Waals surface area contributed by atoms with E-state index in [4.69, 9.17) is 11.6 Å². The summed E-state index contributed by atoms with van der Waals surface area (Å²) in [5.74, 6) is 1.25. The molecule has 0 bridgehead atoms. The molecule has 2 aromatic rings. The van der Waals surface area contributed by atoms with Gasteiger partial charge in [0.05, 0.1) is 30.7 Å². The standard InChI is InChI=1S/C18H26ClN7O/c1-12(27)6-26-7-13(4-22-26)23-16-21-5-14(19)15(24-16)25-10-17(2)8-20-9-18(17,3)11-25/h4-5,7,12,20,27H,6,8-11H2,1-3H3,(H,21,23,24)/t12-,17-,18+/m1/s1. The molecule has 146 valence electrons. The van der Waals surface area contributed by atoms with Crippen LogP contribution in [0.2, 0.25) is 5.02 Å². The first-order chi connectivity index (χ1) is 12.8. The molecule has 4 heterocycles. The second kappa shape index (κ2) is 6.61. The van der Waals surface area contributed by atoms with Gasteiger partial charge in [-0.1, -0.05) is 25.4 Å². The van der Waals surface area contributed by atoms with Crippen LogP contribution in [0.1, 0.15) is 20.8 Å². The Bertz CT molecular complexity index is 823. The van der Waals surface area contributed by atoms with Gasteiger partial charge in [0.1, 0.15) is 5.02 Å². The fourth-order valence-corrected chi connectivity index (χ4v) is 4.36. The van der Waals surface area contributed by atoms with E-state index < -0.39 is 6.10 Å². The summed E-state index contributed by atoms with van der Waals surface area (Å²) in [6.45, 7) is 10.7. The molecule has 0 aliphatic carbocycles. The van der Waals surface area contributed by atoms with Gasteiger partial charge in [0.25, 0.3) is 0 Å². The number of aromatic nitrogens is 4. The molecular weight excluding hydrogens is 366 g/mol. The maximum Gasteiger partial charge on any atom is 0.229 e. The molecule has 2 saturated heterocycles. The van der Waals surface area contributed by atoms with Crippen molar-refractivity contribution in [2.45, 2.75) is 33.4 Å². The van der Waals surface area contributed by atoms with E-state index in [0.29, 0.717) is 17.5 Å². The fraction of sp³-hybridized carbons (Fsp3) is 0.611. The summed E-state index contributed by atoms with van der Waals surface area (Å²) in [5.41, 5.74) is 1.18. The van der Waals surface area contributed by atoms with Gasteiger partial charge < -0.3 is 20.6 Å². The number of halogens is 1. The van der Waals surface area contributed by atoms with Crippen molar-refractivity contribution in [2.75, 3.05) is 36.4 Å². The highest BCUT2D eigenvalue weighted by Crippen LogP contribution is 2.50. The normalized spacial score (nSPS) is 28.4. The first kappa shape index (κ1) is 18.5. The van der Waals surface area contributed by atoms with Crippen molar-refractivity contribution in [3.05, 3.63) is 23.6 Å². The molecule has 0 radical (unpaired) electrons. The molecule has 9 heteroatoms. The maximum atomic E-state index is 9.47. The molecular formula is C18H26ClN7O. The Morgan fingerprint density at radius 2 is 2.00 bits per heavy atom. The van der Waals surface area contributed by atoms with Crippen LogP contribution >= 0.6 is 11.6 Å². The van der Waals surface area contributed by atoms with Crippen molar-refractivity contribution >= 4 is 29.1 Å². The monoisotopic (exact) mass is 391 g/mol. The van der Waals surface area contributed by atoms with Crippen LogP contribution in [0.5, 0.6) is 0 Å². The number of hydrogen-bond donors (Lipinski definition) is 3. The number of nitrogens with one attached hydrogen (secondary N) is 2. The smallest absolute Gasteiger partial charge is 0.229 e. The van der Waals surface area contributed by atoms with Gasteiger partial charge >= 0.3 is 0 Å². The molecule has 2 aliphatic rings. The Morgan fingerprint density at radius 1 is 1.30 bits per heavy atom. The van der Waals surface area contributed by atoms with E-state index in [1.54, 1.807) is 24.0 Å². The SMILES string of the molecule is C[C@@H](O)Cn1cc(Nc2ncc(Cl)c(N3C[C@]4(C)CNC[C@]4(C)C3)n2)cn1. The van der Waals surface area contributed by atoms with Crippen LogP contribution in [0, 0.1) is 10.8 Å². The van der Waals surface area contributed by atoms with E-state index in [-0.39, 0.29) is 10.8 Å². The second-order valence-electron chi connectivity index (χ2n) is 8.37. The second-order valence-corrected chi connectivity index (χ2v) is 8.78. The third-order valence-electron chi connectivity index (χ3n) is 5.93. The van der Waals surface area contributed by atoms with Gasteiger partial charge in [0.15, 0.2) is 5.82 Å². The Balaban J connectivity index is 1.53. The molecule has 0 aromatic carbocycles. The number of rotatable bonds is 5. The summed E-state index contributed by atoms with van der Waals surface area (Å²) in [7, 11) is 0. The molecule has 8 nitrogen and oxygen atoms in total. The number of nitrogens with zero attached hydrogens (tertiary/aromatic N) is 5. The average Bonchev–Trinajstić information content (AvgIpc) is 3.19. The minimum absolute atomic E-state index is 0.205. The summed E-state index contributed by atoms with van der Waals surface area (Å²) in [5, 5.41) is 20.9. The highest BCUT2D eigenvalue weighted by Gasteiger charge is 2.55. The average molecular weight is 392 g/mol. The zero-order valence-electron chi connectivity index (χ0n) is 15.9. The molecule has 2 fully saturated rings. The van der Waals surface area contributed by atoms with E-state index in [9.17, 15) is 5.11 Å². The highest BCUT2D eigenvalue weighted by atomic mass is 35.5. The van der Waals surface area contributed by atoms with Crippen molar-refractivity contribution in [1.29, 1.82) is 0 Å². The lowest BCUT2D eigenvalue weighted by Gasteiger charge is -2.30. The molecule has 0 unspecified atom stereocenters. The predicted octanol–water partition coefficient (Wildman–Crippen LogP) is 1.89. The van der Waals surface area contributed by atoms with E-state index in [2.05, 4.69) is 44.4 Å². The van der Waals surface area contributed by atoms with Crippen molar-refractivity contribution < 1.29 is 5.11 Å². The van der Waals surface area contributed by atoms with Gasteiger partial charge in [-0.25, -0.2) is 4.98 Å². The molecule has 27 heavy (non-hydrogen) atoms. The summed E-state index contributed by atoms with van der Waals surface area (Å²) in [6.07, 6.45) is 4.69. The number of aliphatic hydroxyl groups is 1. The van der Waals surface area contributed by atoms with E-state index >= 15 is 0 Å². The third-order valence-corrected chi connectivity index (χ3v) is 6.20. The lowest BCUT2D eigenvalue weighted by molar-refractivity contribution is 0.168. The van der Waals surface area contributed by atoms with E-state index in [1.807, 2.05) is 6.20 Å². The van der Waals surface area contributed by atoms with Gasteiger partial charge in [0.2, 0.25) is 5.95 Å². The molecule has 0 saturated carbocycles. The quantitative estimate of drug-likeness (QED) is 0.716. The molecule has 2 aliphatic heterocycles. The predicted molar refractivity (Wildman–Crippen MR) is 106 cm³/mol. The van der Waals surface area contributed by atoms with E-state index in [0.717, 1.165) is 37.7 Å². The third kappa shape index (κ3) is 3.37. The number of fused-ring (bicyclic) bond motifs is 1. The van der Waals surface area contributed by atoms with Gasteiger partial charge in [-0.05, 0) is 6.92 Å². The summed E-state index contributed by atoms with van der Waals surface area (Å²) >= 11 is 6.43. The van der Waals surface area contributed by atoms with Gasteiger partial charge in [-0.2, -0.15) is 10.1 Å². The van der Waals surface area contributed by atoms with Crippen molar-refractivity contribution in [3.8, 4) is 0 Å². The van der Waals surface area contributed by atoms with Gasteiger partial charge in [-0.15, -0.1) is 0 Å². The maximum absolute atomic E-state index is 9.47. The van der Waals surface area contributed by atoms with Gasteiger partial charge in [0, 0.05) is 43.2 Å². The summed E-state index contributed by atoms with van der Waals surface area (Å²) in [4.78, 5) is 11.2. The van der Waals surface area contributed by atoms with Crippen LogP contribution in [0.3, 0.4) is 0 Å². The Morgan fingerprint density at radius 3 is 2.67 bits per heavy atom. The fourth-order valence-electron chi connectivity index (χ4n) is 4.15. The summed E-state index contributed by atoms with van der Waals surface area (Å²) < 4.78 is 1.68. The van der Waals surface area contributed by atoms with Crippen LogP contribution in [0.15, 0.2) is 18.6 Å². The number of hydrogen-bond acceptors (Lipinski definition) is 7. The van der Waals surface area contributed by atoms with E-state index in [1.165, 1.54) is 0 Å². The Kier molecular flexibility index (Phi) is 4.52. The molecule has 2 aromatic heterocycles. The first-order valence-electron chi connectivity index (χ1n) is 9.24. The van der Waals surface area contributed by atoms with Crippen molar-refractivity contribution in [2.24, 2.45) is 10.8 Å². The largest absolute Gasteiger partial charge is 0.391 e. The number of anilines is 3. The number of aliphatic hydroxyl groups excluding tert-OH is 1. The zero-order valence-corrected chi connectivity index (χ0v) is 16.7. The Hall–Kier alpha value is -1.90. The minimum atomic E-state index is -0.456. The topological polar surface area (TPSA) is 91.1 Å². The molecule has 0 amide bonds. The van der Waals surface area contributed by atoms with Crippen LogP contribution < -0.4 is 15.5 Å². The lowest BCUT2D eigenvalue weighted by atomic mass is 9.71. The van der Waals surface area contributed by atoms with Crippen molar-refractivity contribution in [3.63, 3.8) is 0 Å². The molecule has 3 N–H and O–H groups in total.